The zero-order valence-electron chi connectivity index (χ0n) is 14.7. The van der Waals surface area contributed by atoms with Gasteiger partial charge in [0, 0.05) is 31.7 Å². The maximum atomic E-state index is 13.0. The van der Waals surface area contributed by atoms with Crippen molar-refractivity contribution >= 4 is 17.5 Å². The average molecular weight is 377 g/mol. The number of nitrogens with zero attached hydrogens (tertiary/aromatic N) is 4. The highest BCUT2D eigenvalue weighted by Gasteiger charge is 2.39. The monoisotopic (exact) mass is 376 g/mol. The lowest BCUT2D eigenvalue weighted by Crippen LogP contribution is -2.62. The van der Waals surface area contributed by atoms with Gasteiger partial charge in [-0.15, -0.1) is 0 Å². The van der Waals surface area contributed by atoms with Gasteiger partial charge in [0.1, 0.15) is 17.7 Å². The quantitative estimate of drug-likeness (QED) is 0.821. The zero-order valence-corrected chi connectivity index (χ0v) is 15.4. The van der Waals surface area contributed by atoms with Crippen LogP contribution in [0.2, 0.25) is 5.02 Å². The predicted molar refractivity (Wildman–Crippen MR) is 99.3 cm³/mol. The molecule has 2 aromatic rings. The van der Waals surface area contributed by atoms with Crippen molar-refractivity contribution in [3.05, 3.63) is 47.5 Å². The van der Waals surface area contributed by atoms with Gasteiger partial charge < -0.3 is 9.64 Å². The number of piperazine rings is 1. The van der Waals surface area contributed by atoms with E-state index in [2.05, 4.69) is 26.7 Å². The van der Waals surface area contributed by atoms with Crippen molar-refractivity contribution in [3.63, 3.8) is 0 Å². The molecule has 0 aliphatic carbocycles. The Bertz CT molecular complexity index is 742. The van der Waals surface area contributed by atoms with Crippen LogP contribution in [0.25, 0.3) is 0 Å². The lowest BCUT2D eigenvalue weighted by Gasteiger charge is -2.50. The van der Waals surface area contributed by atoms with Crippen LogP contribution < -0.4 is 9.64 Å². The summed E-state index contributed by atoms with van der Waals surface area (Å²) < 4.78 is 19.1. The molecular formula is C19H22ClFN4O. The van der Waals surface area contributed by atoms with Crippen LogP contribution in [0.15, 0.2) is 36.7 Å². The molecule has 0 bridgehead atoms. The third-order valence-electron chi connectivity index (χ3n) is 5.35. The third-order valence-corrected chi connectivity index (χ3v) is 5.54. The van der Waals surface area contributed by atoms with Crippen LogP contribution in [0.4, 0.5) is 10.3 Å². The summed E-state index contributed by atoms with van der Waals surface area (Å²) >= 11 is 5.90. The molecule has 0 spiro atoms. The average Bonchev–Trinajstić information content (AvgIpc) is 2.65. The summed E-state index contributed by atoms with van der Waals surface area (Å²) in [6, 6.07) is 7.05. The standard InChI is InChI=1S/C19H22ClFN4O/c1-13-18-7-6-17(26-16-4-2-15(21)3-5-16)12-24(18)8-9-25(13)19-22-10-14(20)11-23-19/h2-5,10-11,13,17-18H,6-9,12H2,1H3/t13?,17-,18+/m1/s1. The molecule has 2 fully saturated rings. The maximum Gasteiger partial charge on any atom is 0.225 e. The summed E-state index contributed by atoms with van der Waals surface area (Å²) in [6.07, 6.45) is 5.48. The van der Waals surface area contributed by atoms with Gasteiger partial charge in [-0.25, -0.2) is 14.4 Å². The van der Waals surface area contributed by atoms with E-state index in [1.54, 1.807) is 24.5 Å². The number of rotatable bonds is 3. The highest BCUT2D eigenvalue weighted by molar-refractivity contribution is 6.30. The molecule has 5 nitrogen and oxygen atoms in total. The molecule has 3 heterocycles. The largest absolute Gasteiger partial charge is 0.489 e. The van der Waals surface area contributed by atoms with Gasteiger partial charge >= 0.3 is 0 Å². The lowest BCUT2D eigenvalue weighted by atomic mass is 9.92. The van der Waals surface area contributed by atoms with E-state index in [1.165, 1.54) is 12.1 Å². The molecule has 0 saturated carbocycles. The second-order valence-electron chi connectivity index (χ2n) is 6.97. The van der Waals surface area contributed by atoms with Gasteiger partial charge in [-0.2, -0.15) is 0 Å². The van der Waals surface area contributed by atoms with Crippen LogP contribution in [0.5, 0.6) is 5.75 Å². The smallest absolute Gasteiger partial charge is 0.225 e. The van der Waals surface area contributed by atoms with Crippen LogP contribution >= 0.6 is 11.6 Å². The van der Waals surface area contributed by atoms with Crippen molar-refractivity contribution in [3.8, 4) is 5.75 Å². The molecule has 2 saturated heterocycles. The van der Waals surface area contributed by atoms with Gasteiger partial charge in [-0.05, 0) is 44.0 Å². The predicted octanol–water partition coefficient (Wildman–Crippen LogP) is 3.39. The van der Waals surface area contributed by atoms with Crippen LogP contribution in [-0.2, 0) is 0 Å². The zero-order chi connectivity index (χ0) is 18.1. The first-order valence-electron chi connectivity index (χ1n) is 9.00. The van der Waals surface area contributed by atoms with Crippen molar-refractivity contribution in [2.75, 3.05) is 24.5 Å². The SMILES string of the molecule is CC1[C@@H]2CC[C@@H](Oc3ccc(F)cc3)CN2CCN1c1ncc(Cl)cn1. The first kappa shape index (κ1) is 17.5. The number of aromatic nitrogens is 2. The minimum Gasteiger partial charge on any atom is -0.489 e. The van der Waals surface area contributed by atoms with Gasteiger partial charge in [-0.1, -0.05) is 11.6 Å². The Morgan fingerprint density at radius 3 is 2.58 bits per heavy atom. The fourth-order valence-corrected chi connectivity index (χ4v) is 4.11. The van der Waals surface area contributed by atoms with Crippen LogP contribution in [0.3, 0.4) is 0 Å². The Balaban J connectivity index is 1.40. The van der Waals surface area contributed by atoms with Crippen molar-refractivity contribution in [1.82, 2.24) is 14.9 Å². The molecule has 7 heteroatoms. The molecule has 1 aromatic heterocycles. The van der Waals surface area contributed by atoms with Crippen molar-refractivity contribution in [1.29, 1.82) is 0 Å². The van der Waals surface area contributed by atoms with Crippen LogP contribution in [0, 0.1) is 5.82 Å². The maximum absolute atomic E-state index is 13.0. The van der Waals surface area contributed by atoms with Crippen molar-refractivity contribution in [2.45, 2.75) is 38.0 Å². The molecule has 26 heavy (non-hydrogen) atoms. The highest BCUT2D eigenvalue weighted by Crippen LogP contribution is 2.30. The second-order valence-corrected chi connectivity index (χ2v) is 7.41. The number of ether oxygens (including phenoxy) is 1. The van der Waals surface area contributed by atoms with Gasteiger partial charge in [0.2, 0.25) is 5.95 Å². The lowest BCUT2D eigenvalue weighted by molar-refractivity contribution is 0.0286. The molecule has 138 valence electrons. The molecule has 0 radical (unpaired) electrons. The van der Waals surface area contributed by atoms with E-state index in [9.17, 15) is 4.39 Å². The Kier molecular flexibility index (Phi) is 4.96. The summed E-state index contributed by atoms with van der Waals surface area (Å²) in [7, 11) is 0. The summed E-state index contributed by atoms with van der Waals surface area (Å²) in [4.78, 5) is 13.5. The first-order chi connectivity index (χ1) is 12.6. The van der Waals surface area contributed by atoms with E-state index < -0.39 is 0 Å². The topological polar surface area (TPSA) is 41.5 Å². The third kappa shape index (κ3) is 3.62. The van der Waals surface area contributed by atoms with Crippen LogP contribution in [-0.4, -0.2) is 52.7 Å². The Morgan fingerprint density at radius 2 is 1.85 bits per heavy atom. The fourth-order valence-electron chi connectivity index (χ4n) is 4.02. The normalized spacial score (nSPS) is 26.4. The number of hydrogen-bond donors (Lipinski definition) is 0. The number of benzene rings is 1. The van der Waals surface area contributed by atoms with Gasteiger partial charge in [0.05, 0.1) is 17.4 Å². The van der Waals surface area contributed by atoms with E-state index in [0.29, 0.717) is 17.1 Å². The number of halogens is 2. The molecular weight excluding hydrogens is 355 g/mol. The number of fused-ring (bicyclic) bond motifs is 1. The molecule has 3 atom stereocenters. The van der Waals surface area contributed by atoms with Crippen molar-refractivity contribution < 1.29 is 9.13 Å². The summed E-state index contributed by atoms with van der Waals surface area (Å²) in [5, 5.41) is 0.554. The summed E-state index contributed by atoms with van der Waals surface area (Å²) in [5.41, 5.74) is 0. The van der Waals surface area contributed by atoms with E-state index in [4.69, 9.17) is 16.3 Å². The molecule has 1 aromatic carbocycles. The molecule has 2 aliphatic rings. The second kappa shape index (κ2) is 7.37. The Morgan fingerprint density at radius 1 is 1.12 bits per heavy atom. The summed E-state index contributed by atoms with van der Waals surface area (Å²) in [6.45, 7) is 4.95. The molecule has 0 amide bonds. The Hall–Kier alpha value is -1.92. The van der Waals surface area contributed by atoms with E-state index in [1.807, 2.05) is 0 Å². The number of anilines is 1. The van der Waals surface area contributed by atoms with E-state index in [0.717, 1.165) is 44.2 Å². The van der Waals surface area contributed by atoms with E-state index in [-0.39, 0.29) is 11.9 Å². The summed E-state index contributed by atoms with van der Waals surface area (Å²) in [5.74, 6) is 1.23. The number of piperidine rings is 1. The molecule has 4 rings (SSSR count). The van der Waals surface area contributed by atoms with Gasteiger partial charge in [-0.3, -0.25) is 4.90 Å². The highest BCUT2D eigenvalue weighted by atomic mass is 35.5. The fraction of sp³-hybridized carbons (Fsp3) is 0.474. The first-order valence-corrected chi connectivity index (χ1v) is 9.38. The van der Waals surface area contributed by atoms with Crippen LogP contribution in [0.1, 0.15) is 19.8 Å². The van der Waals surface area contributed by atoms with E-state index >= 15 is 0 Å². The van der Waals surface area contributed by atoms with Gasteiger partial charge in [0.25, 0.3) is 0 Å². The minimum absolute atomic E-state index is 0.141. The Labute approximate surface area is 157 Å². The molecule has 0 N–H and O–H groups in total. The number of hydrogen-bond acceptors (Lipinski definition) is 5. The van der Waals surface area contributed by atoms with Crippen molar-refractivity contribution in [2.24, 2.45) is 0 Å². The molecule has 2 aliphatic heterocycles. The minimum atomic E-state index is -0.240. The molecule has 1 unspecified atom stereocenters. The van der Waals surface area contributed by atoms with Gasteiger partial charge in [0.15, 0.2) is 0 Å².